The highest BCUT2D eigenvalue weighted by Crippen LogP contribution is 2.31. The van der Waals surface area contributed by atoms with Gasteiger partial charge in [-0.2, -0.15) is 18.7 Å². The quantitative estimate of drug-likeness (QED) is 0.833. The largest absolute Gasteiger partial charge is 0.493 e. The fourth-order valence-electron chi connectivity index (χ4n) is 1.69. The van der Waals surface area contributed by atoms with E-state index in [1.807, 2.05) is 18.2 Å². The molecule has 1 aromatic carbocycles. The molecule has 0 aromatic heterocycles. The summed E-state index contributed by atoms with van der Waals surface area (Å²) >= 11 is 0. The smallest absolute Gasteiger partial charge is 0.413 e. The Morgan fingerprint density at radius 1 is 1.35 bits per heavy atom. The van der Waals surface area contributed by atoms with Crippen molar-refractivity contribution >= 4 is 0 Å². The molecule has 1 N–H and O–H groups in total. The van der Waals surface area contributed by atoms with Gasteiger partial charge in [-0.25, -0.2) is 0 Å². The van der Waals surface area contributed by atoms with Crippen molar-refractivity contribution in [3.8, 4) is 5.75 Å². The third-order valence-corrected chi connectivity index (χ3v) is 2.42. The van der Waals surface area contributed by atoms with Crippen LogP contribution in [0.4, 0.5) is 13.2 Å². The third-order valence-electron chi connectivity index (χ3n) is 2.42. The number of para-hydroxylation sites is 1. The fourth-order valence-corrected chi connectivity index (χ4v) is 1.69. The average molecular weight is 247 g/mol. The van der Waals surface area contributed by atoms with E-state index < -0.39 is 12.8 Å². The zero-order valence-corrected chi connectivity index (χ0v) is 8.96. The third kappa shape index (κ3) is 3.34. The van der Waals surface area contributed by atoms with Crippen LogP contribution in [0.15, 0.2) is 24.3 Å². The summed E-state index contributed by atoms with van der Waals surface area (Å²) in [4.78, 5) is 4.46. The van der Waals surface area contributed by atoms with Crippen LogP contribution in [0.2, 0.25) is 0 Å². The van der Waals surface area contributed by atoms with E-state index >= 15 is 0 Å². The van der Waals surface area contributed by atoms with Crippen LogP contribution in [0.5, 0.6) is 5.75 Å². The topological polar surface area (TPSA) is 30.5 Å². The highest BCUT2D eigenvalue weighted by Gasteiger charge is 2.29. The molecule has 2 rings (SSSR count). The monoisotopic (exact) mass is 247 g/mol. The van der Waals surface area contributed by atoms with Gasteiger partial charge in [-0.3, -0.25) is 4.84 Å². The van der Waals surface area contributed by atoms with E-state index in [1.165, 1.54) is 0 Å². The van der Waals surface area contributed by atoms with Crippen LogP contribution in [0.3, 0.4) is 0 Å². The molecule has 0 bridgehead atoms. The Balaban J connectivity index is 1.95. The lowest BCUT2D eigenvalue weighted by atomic mass is 10.0. The fraction of sp³-hybridized carbons (Fsp3) is 0.455. The number of hydrogen-bond donors (Lipinski definition) is 1. The molecule has 1 unspecified atom stereocenters. The molecule has 0 amide bonds. The van der Waals surface area contributed by atoms with E-state index in [0.717, 1.165) is 5.56 Å². The molecular formula is C11H12F3NO2. The van der Waals surface area contributed by atoms with E-state index in [9.17, 15) is 13.2 Å². The molecule has 1 atom stereocenters. The van der Waals surface area contributed by atoms with Crippen molar-refractivity contribution in [3.63, 3.8) is 0 Å². The van der Waals surface area contributed by atoms with Gasteiger partial charge in [-0.1, -0.05) is 18.2 Å². The summed E-state index contributed by atoms with van der Waals surface area (Å²) in [7, 11) is 0. The molecule has 0 saturated carbocycles. The van der Waals surface area contributed by atoms with Crippen LogP contribution in [0.25, 0.3) is 0 Å². The summed E-state index contributed by atoms with van der Waals surface area (Å²) in [6.07, 6.45) is -3.74. The lowest BCUT2D eigenvalue weighted by Crippen LogP contribution is -2.31. The number of halogens is 3. The molecule has 0 saturated heterocycles. The molecule has 3 nitrogen and oxygen atoms in total. The summed E-state index contributed by atoms with van der Waals surface area (Å²) < 4.78 is 41.1. The van der Waals surface area contributed by atoms with Gasteiger partial charge >= 0.3 is 6.18 Å². The summed E-state index contributed by atoms with van der Waals surface area (Å²) in [6.45, 7) is -0.837. The second kappa shape index (κ2) is 4.93. The molecule has 0 fully saturated rings. The average Bonchev–Trinajstić information content (AvgIpc) is 2.28. The second-order valence-electron chi connectivity index (χ2n) is 3.75. The van der Waals surface area contributed by atoms with E-state index in [1.54, 1.807) is 6.07 Å². The van der Waals surface area contributed by atoms with E-state index in [2.05, 4.69) is 10.3 Å². The first-order chi connectivity index (χ1) is 8.06. The van der Waals surface area contributed by atoms with Crippen molar-refractivity contribution in [2.45, 2.75) is 18.6 Å². The molecule has 94 valence electrons. The maximum absolute atomic E-state index is 11.9. The van der Waals surface area contributed by atoms with E-state index in [4.69, 9.17) is 4.74 Å². The maximum atomic E-state index is 11.9. The van der Waals surface area contributed by atoms with Crippen LogP contribution in [-0.2, 0) is 4.84 Å². The first-order valence-corrected chi connectivity index (χ1v) is 5.22. The Labute approximate surface area is 96.5 Å². The SMILES string of the molecule is FC(F)(F)CONC1CCOc2ccccc21. The van der Waals surface area contributed by atoms with Crippen molar-refractivity contribution in [2.24, 2.45) is 0 Å². The first kappa shape index (κ1) is 12.2. The maximum Gasteiger partial charge on any atom is 0.413 e. The number of fused-ring (bicyclic) bond motifs is 1. The molecule has 0 radical (unpaired) electrons. The standard InChI is InChI=1S/C11H12F3NO2/c12-11(13,14)7-17-15-9-5-6-16-10-4-2-1-3-8(9)10/h1-4,9,15H,5-7H2. The highest BCUT2D eigenvalue weighted by atomic mass is 19.4. The summed E-state index contributed by atoms with van der Waals surface area (Å²) in [6, 6.07) is 6.96. The number of ether oxygens (including phenoxy) is 1. The summed E-state index contributed by atoms with van der Waals surface area (Å²) in [5.41, 5.74) is 3.25. The molecule has 1 heterocycles. The lowest BCUT2D eigenvalue weighted by molar-refractivity contribution is -0.194. The van der Waals surface area contributed by atoms with Crippen molar-refractivity contribution in [1.82, 2.24) is 5.48 Å². The van der Waals surface area contributed by atoms with Gasteiger partial charge in [0.15, 0.2) is 6.61 Å². The molecule has 1 aliphatic rings. The molecule has 6 heteroatoms. The Hall–Kier alpha value is -1.27. The number of rotatable bonds is 3. The number of hydrogen-bond acceptors (Lipinski definition) is 3. The van der Waals surface area contributed by atoms with E-state index in [-0.39, 0.29) is 6.04 Å². The normalized spacial score (nSPS) is 19.6. The van der Waals surface area contributed by atoms with Crippen LogP contribution in [-0.4, -0.2) is 19.4 Å². The Morgan fingerprint density at radius 3 is 2.88 bits per heavy atom. The Kier molecular flexibility index (Phi) is 3.54. The van der Waals surface area contributed by atoms with Crippen molar-refractivity contribution in [1.29, 1.82) is 0 Å². The Bertz CT molecular complexity index is 381. The molecular weight excluding hydrogens is 235 g/mol. The molecule has 1 aliphatic heterocycles. The van der Waals surface area contributed by atoms with Gasteiger partial charge in [-0.05, 0) is 6.07 Å². The predicted molar refractivity (Wildman–Crippen MR) is 54.4 cm³/mol. The zero-order valence-electron chi connectivity index (χ0n) is 8.96. The van der Waals surface area contributed by atoms with Gasteiger partial charge in [0, 0.05) is 12.0 Å². The molecule has 1 aromatic rings. The summed E-state index contributed by atoms with van der Waals surface area (Å²) in [5, 5.41) is 0. The van der Waals surface area contributed by atoms with Gasteiger partial charge < -0.3 is 4.74 Å². The van der Waals surface area contributed by atoms with Gasteiger partial charge in [0.05, 0.1) is 12.6 Å². The molecule has 0 aliphatic carbocycles. The molecule has 17 heavy (non-hydrogen) atoms. The minimum absolute atomic E-state index is 0.262. The van der Waals surface area contributed by atoms with E-state index in [0.29, 0.717) is 18.8 Å². The number of nitrogens with one attached hydrogen (secondary N) is 1. The van der Waals surface area contributed by atoms with Gasteiger partial charge in [-0.15, -0.1) is 0 Å². The number of hydroxylamine groups is 1. The Morgan fingerprint density at radius 2 is 2.12 bits per heavy atom. The van der Waals surface area contributed by atoms with Crippen LogP contribution < -0.4 is 10.2 Å². The minimum Gasteiger partial charge on any atom is -0.493 e. The molecule has 0 spiro atoms. The van der Waals surface area contributed by atoms with Crippen molar-refractivity contribution in [2.75, 3.05) is 13.2 Å². The van der Waals surface area contributed by atoms with Crippen molar-refractivity contribution < 1.29 is 22.7 Å². The lowest BCUT2D eigenvalue weighted by Gasteiger charge is -2.26. The van der Waals surface area contributed by atoms with Crippen molar-refractivity contribution in [3.05, 3.63) is 29.8 Å². The first-order valence-electron chi connectivity index (χ1n) is 5.22. The predicted octanol–water partition coefficient (Wildman–Crippen LogP) is 2.59. The van der Waals surface area contributed by atoms with Gasteiger partial charge in [0.25, 0.3) is 0 Å². The number of alkyl halides is 3. The van der Waals surface area contributed by atoms with Crippen LogP contribution >= 0.6 is 0 Å². The van der Waals surface area contributed by atoms with Crippen LogP contribution in [0.1, 0.15) is 18.0 Å². The van der Waals surface area contributed by atoms with Crippen LogP contribution in [0, 0.1) is 0 Å². The second-order valence-corrected chi connectivity index (χ2v) is 3.75. The zero-order chi connectivity index (χ0) is 12.3. The van der Waals surface area contributed by atoms with Gasteiger partial charge in [0.1, 0.15) is 5.75 Å². The number of benzene rings is 1. The summed E-state index contributed by atoms with van der Waals surface area (Å²) in [5.74, 6) is 0.687. The minimum atomic E-state index is -4.32. The van der Waals surface area contributed by atoms with Gasteiger partial charge in [0.2, 0.25) is 0 Å². The highest BCUT2D eigenvalue weighted by molar-refractivity contribution is 5.37.